The summed E-state index contributed by atoms with van der Waals surface area (Å²) >= 11 is 0. The second kappa shape index (κ2) is 6.32. The summed E-state index contributed by atoms with van der Waals surface area (Å²) in [6, 6.07) is 18.4. The Morgan fingerprint density at radius 2 is 1.43 bits per heavy atom. The Balaban J connectivity index is 1.84. The maximum atomic E-state index is 11.4. The van der Waals surface area contributed by atoms with E-state index in [2.05, 4.69) is 4.74 Å². The summed E-state index contributed by atoms with van der Waals surface area (Å²) in [5.41, 5.74) is 3.43. The van der Waals surface area contributed by atoms with Crippen molar-refractivity contribution in [3.8, 4) is 22.5 Å². The third kappa shape index (κ3) is 3.06. The largest absolute Gasteiger partial charge is 0.465 e. The van der Waals surface area contributed by atoms with Crippen molar-refractivity contribution in [1.82, 2.24) is 0 Å². The van der Waals surface area contributed by atoms with Gasteiger partial charge in [0.25, 0.3) is 0 Å². The van der Waals surface area contributed by atoms with E-state index in [0.717, 1.165) is 16.7 Å². The highest BCUT2D eigenvalue weighted by Gasteiger charge is 2.07. The molecular weight excluding hydrogens is 292 g/mol. The predicted molar refractivity (Wildman–Crippen MR) is 86.3 cm³/mol. The van der Waals surface area contributed by atoms with Crippen molar-refractivity contribution < 1.29 is 18.7 Å². The zero-order valence-corrected chi connectivity index (χ0v) is 12.5. The van der Waals surface area contributed by atoms with Crippen LogP contribution in [0.2, 0.25) is 0 Å². The molecule has 0 fully saturated rings. The molecule has 0 aliphatic carbocycles. The molecule has 0 bridgehead atoms. The summed E-state index contributed by atoms with van der Waals surface area (Å²) in [5, 5.41) is 0. The summed E-state index contributed by atoms with van der Waals surface area (Å²) in [6.45, 7) is 0. The van der Waals surface area contributed by atoms with Crippen molar-refractivity contribution in [2.75, 3.05) is 7.11 Å². The van der Waals surface area contributed by atoms with E-state index >= 15 is 0 Å². The summed E-state index contributed by atoms with van der Waals surface area (Å²) in [5.74, 6) is 0.609. The molecule has 0 atom stereocenters. The van der Waals surface area contributed by atoms with Crippen LogP contribution in [-0.2, 0) is 4.74 Å². The van der Waals surface area contributed by atoms with Gasteiger partial charge in [0.1, 0.15) is 5.76 Å². The molecule has 4 nitrogen and oxygen atoms in total. The molecule has 2 aromatic carbocycles. The van der Waals surface area contributed by atoms with E-state index in [1.807, 2.05) is 36.4 Å². The van der Waals surface area contributed by atoms with Gasteiger partial charge < -0.3 is 9.15 Å². The Bertz CT molecular complexity index is 827. The van der Waals surface area contributed by atoms with Crippen LogP contribution in [-0.4, -0.2) is 19.4 Å². The summed E-state index contributed by atoms with van der Waals surface area (Å²) in [4.78, 5) is 22.1. The van der Waals surface area contributed by atoms with E-state index < -0.39 is 0 Å². The van der Waals surface area contributed by atoms with Crippen LogP contribution in [0.1, 0.15) is 20.9 Å². The lowest BCUT2D eigenvalue weighted by atomic mass is 10.0. The molecular formula is C19H14O4. The van der Waals surface area contributed by atoms with Crippen LogP contribution in [0.4, 0.5) is 0 Å². The summed E-state index contributed by atoms with van der Waals surface area (Å²) < 4.78 is 10.1. The SMILES string of the molecule is COC(=O)c1ccc(-c2ccc(-c3ccc(C=O)o3)cc2)cc1. The van der Waals surface area contributed by atoms with Gasteiger partial charge in [-0.1, -0.05) is 36.4 Å². The minimum Gasteiger partial charge on any atom is -0.465 e. The first-order valence-corrected chi connectivity index (χ1v) is 7.05. The number of hydrogen-bond acceptors (Lipinski definition) is 4. The van der Waals surface area contributed by atoms with Crippen molar-refractivity contribution in [2.45, 2.75) is 0 Å². The highest BCUT2D eigenvalue weighted by Crippen LogP contribution is 2.26. The third-order valence-corrected chi connectivity index (χ3v) is 3.55. The van der Waals surface area contributed by atoms with Crippen molar-refractivity contribution in [2.24, 2.45) is 0 Å². The van der Waals surface area contributed by atoms with Crippen LogP contribution < -0.4 is 0 Å². The number of benzene rings is 2. The molecule has 0 spiro atoms. The van der Waals surface area contributed by atoms with Crippen molar-refractivity contribution in [3.63, 3.8) is 0 Å². The first-order chi connectivity index (χ1) is 11.2. The average molecular weight is 306 g/mol. The van der Waals surface area contributed by atoms with Gasteiger partial charge in [-0.05, 0) is 35.4 Å². The molecule has 0 aliphatic heterocycles. The third-order valence-electron chi connectivity index (χ3n) is 3.55. The second-order valence-corrected chi connectivity index (χ2v) is 4.97. The molecule has 114 valence electrons. The van der Waals surface area contributed by atoms with E-state index in [-0.39, 0.29) is 5.97 Å². The van der Waals surface area contributed by atoms with Gasteiger partial charge in [-0.15, -0.1) is 0 Å². The fourth-order valence-electron chi connectivity index (χ4n) is 2.31. The highest BCUT2D eigenvalue weighted by molar-refractivity contribution is 5.90. The number of esters is 1. The standard InChI is InChI=1S/C19H14O4/c1-22-19(21)16-8-4-14(5-9-16)13-2-6-15(7-3-13)18-11-10-17(12-20)23-18/h2-12H,1H3. The number of carbonyl (C=O) groups excluding carboxylic acids is 2. The first-order valence-electron chi connectivity index (χ1n) is 7.05. The van der Waals surface area contributed by atoms with Crippen LogP contribution in [0.15, 0.2) is 65.1 Å². The number of furan rings is 1. The first kappa shape index (κ1) is 14.8. The molecule has 0 N–H and O–H groups in total. The fraction of sp³-hybridized carbons (Fsp3) is 0.0526. The molecule has 0 saturated heterocycles. The smallest absolute Gasteiger partial charge is 0.337 e. The zero-order chi connectivity index (χ0) is 16.2. The van der Waals surface area contributed by atoms with Gasteiger partial charge in [0.2, 0.25) is 0 Å². The molecule has 23 heavy (non-hydrogen) atoms. The maximum Gasteiger partial charge on any atom is 0.337 e. The molecule has 3 aromatic rings. The molecule has 0 amide bonds. The van der Waals surface area contributed by atoms with Gasteiger partial charge in [-0.25, -0.2) is 4.79 Å². The summed E-state index contributed by atoms with van der Waals surface area (Å²) in [7, 11) is 1.36. The van der Waals surface area contributed by atoms with Gasteiger partial charge in [0, 0.05) is 5.56 Å². The Hall–Kier alpha value is -3.14. The molecule has 0 unspecified atom stereocenters. The molecule has 0 saturated carbocycles. The normalized spacial score (nSPS) is 10.3. The van der Waals surface area contributed by atoms with Gasteiger partial charge in [-0.3, -0.25) is 4.79 Å². The molecule has 1 heterocycles. The topological polar surface area (TPSA) is 56.5 Å². The van der Waals surface area contributed by atoms with Gasteiger partial charge in [0.05, 0.1) is 12.7 Å². The quantitative estimate of drug-likeness (QED) is 0.535. The van der Waals surface area contributed by atoms with Crippen LogP contribution in [0.3, 0.4) is 0 Å². The summed E-state index contributed by atoms with van der Waals surface area (Å²) in [6.07, 6.45) is 0.681. The molecule has 1 aromatic heterocycles. The van der Waals surface area contributed by atoms with Crippen LogP contribution in [0.25, 0.3) is 22.5 Å². The lowest BCUT2D eigenvalue weighted by molar-refractivity contribution is 0.0600. The van der Waals surface area contributed by atoms with Gasteiger partial charge in [0.15, 0.2) is 12.0 Å². The van der Waals surface area contributed by atoms with Crippen LogP contribution >= 0.6 is 0 Å². The Labute approximate surface area is 133 Å². The molecule has 4 heteroatoms. The molecule has 3 rings (SSSR count). The highest BCUT2D eigenvalue weighted by atomic mass is 16.5. The van der Waals surface area contributed by atoms with Crippen molar-refractivity contribution in [3.05, 3.63) is 72.0 Å². The van der Waals surface area contributed by atoms with Crippen molar-refractivity contribution >= 4 is 12.3 Å². The number of carbonyl (C=O) groups is 2. The molecule has 0 aliphatic rings. The monoisotopic (exact) mass is 306 g/mol. The Morgan fingerprint density at radius 3 is 1.96 bits per heavy atom. The predicted octanol–water partition coefficient (Wildman–Crippen LogP) is 4.21. The Morgan fingerprint density at radius 1 is 0.870 bits per heavy atom. The maximum absolute atomic E-state index is 11.4. The zero-order valence-electron chi connectivity index (χ0n) is 12.5. The minimum atomic E-state index is -0.351. The van der Waals surface area contributed by atoms with Gasteiger partial charge in [-0.2, -0.15) is 0 Å². The number of rotatable bonds is 4. The van der Waals surface area contributed by atoms with Crippen LogP contribution in [0.5, 0.6) is 0 Å². The minimum absolute atomic E-state index is 0.308. The number of hydrogen-bond donors (Lipinski definition) is 0. The van der Waals surface area contributed by atoms with E-state index in [9.17, 15) is 9.59 Å². The van der Waals surface area contributed by atoms with E-state index in [4.69, 9.17) is 4.42 Å². The van der Waals surface area contributed by atoms with Crippen molar-refractivity contribution in [1.29, 1.82) is 0 Å². The number of aldehydes is 1. The van der Waals surface area contributed by atoms with E-state index in [1.54, 1.807) is 24.3 Å². The lowest BCUT2D eigenvalue weighted by Gasteiger charge is -2.04. The van der Waals surface area contributed by atoms with E-state index in [1.165, 1.54) is 7.11 Å². The number of ether oxygens (including phenoxy) is 1. The fourth-order valence-corrected chi connectivity index (χ4v) is 2.31. The van der Waals surface area contributed by atoms with Gasteiger partial charge >= 0.3 is 5.97 Å². The lowest BCUT2D eigenvalue weighted by Crippen LogP contribution is -2.00. The average Bonchev–Trinajstić information content (AvgIpc) is 3.10. The second-order valence-electron chi connectivity index (χ2n) is 4.97. The molecule has 0 radical (unpaired) electrons. The number of methoxy groups -OCH3 is 1. The van der Waals surface area contributed by atoms with Crippen LogP contribution in [0, 0.1) is 0 Å². The van der Waals surface area contributed by atoms with E-state index in [0.29, 0.717) is 23.4 Å². The Kier molecular flexibility index (Phi) is 4.06.